The van der Waals surface area contributed by atoms with Gasteiger partial charge in [0.05, 0.1) is 19.2 Å². The Morgan fingerprint density at radius 2 is 1.75 bits per heavy atom. The number of benzene rings is 2. The second-order valence-corrected chi connectivity index (χ2v) is 7.78. The molecule has 0 radical (unpaired) electrons. The van der Waals surface area contributed by atoms with Gasteiger partial charge >= 0.3 is 0 Å². The number of nitrogens with zero attached hydrogens (tertiary/aromatic N) is 1. The van der Waals surface area contributed by atoms with Gasteiger partial charge in [-0.15, -0.1) is 0 Å². The topological polar surface area (TPSA) is 55.8 Å². The fraction of sp³-hybridized carbons (Fsp3) is 0.250. The number of halogens is 2. The summed E-state index contributed by atoms with van der Waals surface area (Å²) in [5.74, 6) is 0.972. The summed E-state index contributed by atoms with van der Waals surface area (Å²) in [4.78, 5) is -0.0691. The first-order valence-corrected chi connectivity index (χ1v) is 9.12. The van der Waals surface area contributed by atoms with Crippen molar-refractivity contribution in [2.24, 2.45) is 0 Å². The second kappa shape index (κ2) is 7.61. The van der Waals surface area contributed by atoms with Crippen LogP contribution >= 0.6 is 23.2 Å². The van der Waals surface area contributed by atoms with Gasteiger partial charge in [-0.2, -0.15) is 4.31 Å². The quantitative estimate of drug-likeness (QED) is 0.752. The molecule has 0 spiro atoms. The van der Waals surface area contributed by atoms with Crippen LogP contribution in [-0.2, 0) is 16.6 Å². The van der Waals surface area contributed by atoms with Crippen LogP contribution in [0.4, 0.5) is 0 Å². The number of rotatable bonds is 6. The molecular formula is C16H17Cl2NO4S. The number of methoxy groups -OCH3 is 2. The smallest absolute Gasteiger partial charge is 0.244 e. The van der Waals surface area contributed by atoms with E-state index in [0.29, 0.717) is 11.5 Å². The van der Waals surface area contributed by atoms with Gasteiger partial charge in [0.15, 0.2) is 0 Å². The van der Waals surface area contributed by atoms with Crippen LogP contribution in [0.2, 0.25) is 10.0 Å². The SMILES string of the molecule is COc1cccc(CN(C)S(=O)(=O)c2ccc(OC)c(Cl)c2Cl)c1. The molecule has 0 unspecified atom stereocenters. The molecule has 5 nitrogen and oxygen atoms in total. The fourth-order valence-electron chi connectivity index (χ4n) is 2.15. The van der Waals surface area contributed by atoms with E-state index in [0.717, 1.165) is 5.56 Å². The highest BCUT2D eigenvalue weighted by Crippen LogP contribution is 2.37. The molecule has 0 heterocycles. The van der Waals surface area contributed by atoms with Crippen LogP contribution in [0.5, 0.6) is 11.5 Å². The fourth-order valence-corrected chi connectivity index (χ4v) is 4.12. The van der Waals surface area contributed by atoms with Crippen molar-refractivity contribution >= 4 is 33.2 Å². The minimum absolute atomic E-state index is 0.0616. The van der Waals surface area contributed by atoms with E-state index in [1.165, 1.54) is 30.6 Å². The van der Waals surface area contributed by atoms with Gasteiger partial charge < -0.3 is 9.47 Å². The maximum atomic E-state index is 12.8. The Labute approximate surface area is 151 Å². The van der Waals surface area contributed by atoms with E-state index in [2.05, 4.69) is 0 Å². The highest BCUT2D eigenvalue weighted by Gasteiger charge is 2.26. The van der Waals surface area contributed by atoms with Crippen LogP contribution in [0.3, 0.4) is 0 Å². The largest absolute Gasteiger partial charge is 0.497 e. The molecule has 130 valence electrons. The predicted molar refractivity (Wildman–Crippen MR) is 94.7 cm³/mol. The molecule has 0 saturated carbocycles. The van der Waals surface area contributed by atoms with Gasteiger partial charge in [-0.25, -0.2) is 8.42 Å². The number of hydrogen-bond acceptors (Lipinski definition) is 4. The Bertz CT molecular complexity index is 840. The molecule has 24 heavy (non-hydrogen) atoms. The molecule has 2 aromatic carbocycles. The molecule has 0 amide bonds. The first-order chi connectivity index (χ1) is 11.3. The van der Waals surface area contributed by atoms with Crippen molar-refractivity contribution < 1.29 is 17.9 Å². The van der Waals surface area contributed by atoms with Crippen molar-refractivity contribution in [1.82, 2.24) is 4.31 Å². The Kier molecular flexibility index (Phi) is 5.98. The van der Waals surface area contributed by atoms with Crippen LogP contribution in [0, 0.1) is 0 Å². The van der Waals surface area contributed by atoms with Crippen LogP contribution < -0.4 is 9.47 Å². The molecule has 2 aromatic rings. The summed E-state index contributed by atoms with van der Waals surface area (Å²) in [5, 5.41) is 0.00327. The maximum absolute atomic E-state index is 12.8. The van der Waals surface area contributed by atoms with Crippen molar-refractivity contribution in [2.45, 2.75) is 11.4 Å². The first-order valence-electron chi connectivity index (χ1n) is 6.92. The molecule has 2 rings (SSSR count). The van der Waals surface area contributed by atoms with Gasteiger partial charge in [-0.1, -0.05) is 35.3 Å². The molecule has 0 aromatic heterocycles. The molecule has 0 saturated heterocycles. The predicted octanol–water partition coefficient (Wildman–Crippen LogP) is 3.83. The lowest BCUT2D eigenvalue weighted by molar-refractivity contribution is 0.412. The van der Waals surface area contributed by atoms with E-state index in [4.69, 9.17) is 32.7 Å². The zero-order chi connectivity index (χ0) is 17.9. The molecule has 0 N–H and O–H groups in total. The van der Waals surface area contributed by atoms with E-state index in [-0.39, 0.29) is 21.5 Å². The van der Waals surface area contributed by atoms with Crippen LogP contribution in [-0.4, -0.2) is 34.0 Å². The summed E-state index contributed by atoms with van der Waals surface area (Å²) in [7, 11) is 0.647. The monoisotopic (exact) mass is 389 g/mol. The summed E-state index contributed by atoms with van der Waals surface area (Å²) < 4.78 is 36.9. The summed E-state index contributed by atoms with van der Waals surface area (Å²) in [5.41, 5.74) is 0.788. The van der Waals surface area contributed by atoms with Crippen LogP contribution in [0.1, 0.15) is 5.56 Å². The van der Waals surface area contributed by atoms with E-state index in [1.54, 1.807) is 25.3 Å². The van der Waals surface area contributed by atoms with E-state index >= 15 is 0 Å². The zero-order valence-corrected chi connectivity index (χ0v) is 15.7. The van der Waals surface area contributed by atoms with Gasteiger partial charge in [0, 0.05) is 13.6 Å². The van der Waals surface area contributed by atoms with Crippen molar-refractivity contribution in [3.8, 4) is 11.5 Å². The maximum Gasteiger partial charge on any atom is 0.244 e. The molecule has 0 fully saturated rings. The number of ether oxygens (including phenoxy) is 2. The molecule has 0 aliphatic carbocycles. The van der Waals surface area contributed by atoms with Gasteiger partial charge in [-0.3, -0.25) is 0 Å². The third-order valence-electron chi connectivity index (χ3n) is 3.46. The van der Waals surface area contributed by atoms with Crippen molar-refractivity contribution in [3.63, 3.8) is 0 Å². The van der Waals surface area contributed by atoms with Crippen molar-refractivity contribution in [3.05, 3.63) is 52.0 Å². The minimum Gasteiger partial charge on any atom is -0.497 e. The molecular weight excluding hydrogens is 373 g/mol. The number of sulfonamides is 1. The van der Waals surface area contributed by atoms with E-state index in [1.807, 2.05) is 6.07 Å². The summed E-state index contributed by atoms with van der Waals surface area (Å²) in [6.07, 6.45) is 0. The highest BCUT2D eigenvalue weighted by atomic mass is 35.5. The normalized spacial score (nSPS) is 11.6. The van der Waals surface area contributed by atoms with Crippen LogP contribution in [0.15, 0.2) is 41.3 Å². The Hall–Kier alpha value is -1.47. The summed E-state index contributed by atoms with van der Waals surface area (Å²) in [6.45, 7) is 0.166. The highest BCUT2D eigenvalue weighted by molar-refractivity contribution is 7.89. The minimum atomic E-state index is -3.81. The van der Waals surface area contributed by atoms with E-state index < -0.39 is 10.0 Å². The van der Waals surface area contributed by atoms with Gasteiger partial charge in [-0.05, 0) is 29.8 Å². The first kappa shape index (κ1) is 18.9. The number of hydrogen-bond donors (Lipinski definition) is 0. The standard InChI is InChI=1S/C16H17Cl2NO4S/c1-19(10-11-5-4-6-12(9-11)22-2)24(20,21)14-8-7-13(23-3)15(17)16(14)18/h4-9H,10H2,1-3H3. The molecule has 0 atom stereocenters. The molecule has 0 bridgehead atoms. The zero-order valence-electron chi connectivity index (χ0n) is 13.4. The third kappa shape index (κ3) is 3.78. The Morgan fingerprint density at radius 1 is 1.04 bits per heavy atom. The van der Waals surface area contributed by atoms with Crippen molar-refractivity contribution in [1.29, 1.82) is 0 Å². The Balaban J connectivity index is 2.34. The van der Waals surface area contributed by atoms with Gasteiger partial charge in [0.1, 0.15) is 21.4 Å². The van der Waals surface area contributed by atoms with Gasteiger partial charge in [0.25, 0.3) is 0 Å². The molecule has 0 aliphatic rings. The van der Waals surface area contributed by atoms with Crippen molar-refractivity contribution in [2.75, 3.05) is 21.3 Å². The lowest BCUT2D eigenvalue weighted by Crippen LogP contribution is -2.26. The lowest BCUT2D eigenvalue weighted by atomic mass is 10.2. The summed E-state index contributed by atoms with van der Waals surface area (Å²) >= 11 is 12.2. The van der Waals surface area contributed by atoms with Crippen LogP contribution in [0.25, 0.3) is 0 Å². The average Bonchev–Trinajstić information content (AvgIpc) is 2.57. The lowest BCUT2D eigenvalue weighted by Gasteiger charge is -2.19. The summed E-state index contributed by atoms with van der Waals surface area (Å²) in [6, 6.07) is 10.0. The molecule has 8 heteroatoms. The van der Waals surface area contributed by atoms with Gasteiger partial charge in [0.2, 0.25) is 10.0 Å². The average molecular weight is 390 g/mol. The third-order valence-corrected chi connectivity index (χ3v) is 6.28. The second-order valence-electron chi connectivity index (χ2n) is 5.01. The Morgan fingerprint density at radius 3 is 2.38 bits per heavy atom. The molecule has 0 aliphatic heterocycles. The van der Waals surface area contributed by atoms with E-state index in [9.17, 15) is 8.42 Å².